The summed E-state index contributed by atoms with van der Waals surface area (Å²) in [4.78, 5) is 116. The van der Waals surface area contributed by atoms with Gasteiger partial charge in [-0.2, -0.15) is 0 Å². The first kappa shape index (κ1) is 49.2. The van der Waals surface area contributed by atoms with Crippen LogP contribution in [-0.4, -0.2) is 168 Å². The average molecular weight is 953 g/mol. The maximum absolute atomic E-state index is 14.4. The molecule has 10 amide bonds. The van der Waals surface area contributed by atoms with Crippen molar-refractivity contribution in [2.45, 2.75) is 138 Å². The summed E-state index contributed by atoms with van der Waals surface area (Å²) in [5.41, 5.74) is 1.99. The fourth-order valence-electron chi connectivity index (χ4n) is 10.2. The summed E-state index contributed by atoms with van der Waals surface area (Å²) in [6.45, 7) is 5.69. The van der Waals surface area contributed by atoms with Gasteiger partial charge in [-0.25, -0.2) is 9.59 Å². The topological polar surface area (TPSA) is 246 Å². The molecule has 372 valence electrons. The Hall–Kier alpha value is -6.28. The van der Waals surface area contributed by atoms with Crippen LogP contribution in [0.25, 0.3) is 0 Å². The number of hydrogen-bond donors (Lipinski definition) is 8. The number of anilines is 2. The van der Waals surface area contributed by atoms with Gasteiger partial charge in [0.25, 0.3) is 0 Å². The van der Waals surface area contributed by atoms with Gasteiger partial charge in [0, 0.05) is 54.5 Å². The average Bonchev–Trinajstić information content (AvgIpc) is 4.15. The van der Waals surface area contributed by atoms with Gasteiger partial charge in [-0.1, -0.05) is 37.3 Å². The van der Waals surface area contributed by atoms with Crippen molar-refractivity contribution < 1.29 is 38.4 Å². The van der Waals surface area contributed by atoms with E-state index in [4.69, 9.17) is 0 Å². The monoisotopic (exact) mass is 953 g/mol. The molecule has 4 aliphatic heterocycles. The Morgan fingerprint density at radius 1 is 0.565 bits per heavy atom. The van der Waals surface area contributed by atoms with Crippen LogP contribution in [-0.2, 0) is 28.8 Å². The molecule has 12 atom stereocenters. The van der Waals surface area contributed by atoms with E-state index in [-0.39, 0.29) is 68.1 Å². The van der Waals surface area contributed by atoms with Gasteiger partial charge < -0.3 is 62.1 Å². The van der Waals surface area contributed by atoms with E-state index in [0.717, 1.165) is 18.4 Å². The third kappa shape index (κ3) is 11.3. The minimum Gasteiger partial charge on any atom is -0.351 e. The molecule has 2 aromatic rings. The molecular formula is C49H68N12O8. The largest absolute Gasteiger partial charge is 0.351 e. The molecule has 0 bridgehead atoms. The van der Waals surface area contributed by atoms with Gasteiger partial charge in [0.15, 0.2) is 0 Å². The third-order valence-corrected chi connectivity index (χ3v) is 15.0. The first-order valence-electron chi connectivity index (χ1n) is 24.6. The molecule has 2 aliphatic carbocycles. The molecule has 6 aliphatic rings. The second-order valence-corrected chi connectivity index (χ2v) is 19.7. The Labute approximate surface area is 403 Å². The van der Waals surface area contributed by atoms with Crippen LogP contribution in [0.4, 0.5) is 21.0 Å². The van der Waals surface area contributed by atoms with E-state index in [2.05, 4.69) is 61.6 Å². The number of hydrogen-bond acceptors (Lipinski definition) is 10. The molecule has 0 aromatic heterocycles. The summed E-state index contributed by atoms with van der Waals surface area (Å²) in [5, 5.41) is 23.5. The second kappa shape index (κ2) is 21.2. The van der Waals surface area contributed by atoms with Crippen molar-refractivity contribution in [2.75, 3.05) is 50.9 Å². The fraction of sp³-hybridized carbons (Fsp3) is 0.592. The lowest BCUT2D eigenvalue weighted by Crippen LogP contribution is -2.62. The molecule has 4 saturated heterocycles. The molecule has 4 heterocycles. The Balaban J connectivity index is 0.899. The molecule has 6 fully saturated rings. The van der Waals surface area contributed by atoms with Gasteiger partial charge in [0.1, 0.15) is 24.2 Å². The molecule has 8 N–H and O–H groups in total. The number of rotatable bonds is 13. The number of benzene rings is 2. The van der Waals surface area contributed by atoms with Crippen molar-refractivity contribution in [3.8, 4) is 0 Å². The van der Waals surface area contributed by atoms with Crippen molar-refractivity contribution in [1.82, 2.24) is 51.5 Å². The Morgan fingerprint density at radius 3 is 1.42 bits per heavy atom. The lowest BCUT2D eigenvalue weighted by Gasteiger charge is -2.39. The minimum atomic E-state index is -1.11. The van der Waals surface area contributed by atoms with Crippen LogP contribution in [0, 0.1) is 5.92 Å². The first-order chi connectivity index (χ1) is 33.1. The molecule has 0 radical (unpaired) electrons. The molecule has 0 spiro atoms. The highest BCUT2D eigenvalue weighted by molar-refractivity contribution is 5.97. The summed E-state index contributed by atoms with van der Waals surface area (Å²) >= 11 is 0. The van der Waals surface area contributed by atoms with E-state index in [1.54, 1.807) is 62.0 Å². The zero-order valence-corrected chi connectivity index (χ0v) is 40.2. The van der Waals surface area contributed by atoms with Gasteiger partial charge in [-0.05, 0) is 115 Å². The van der Waals surface area contributed by atoms with Gasteiger partial charge in [-0.3, -0.25) is 28.8 Å². The zero-order chi connectivity index (χ0) is 49.1. The number of urea groups is 2. The summed E-state index contributed by atoms with van der Waals surface area (Å²) < 4.78 is 0. The molecule has 2 aromatic carbocycles. The van der Waals surface area contributed by atoms with Gasteiger partial charge in [0.2, 0.25) is 35.4 Å². The maximum Gasteiger partial charge on any atom is 0.321 e. The van der Waals surface area contributed by atoms with E-state index in [9.17, 15) is 38.4 Å². The van der Waals surface area contributed by atoms with E-state index in [1.807, 2.05) is 18.2 Å². The summed E-state index contributed by atoms with van der Waals surface area (Å²) in [6, 6.07) is 10.3. The van der Waals surface area contributed by atoms with Crippen LogP contribution in [0.5, 0.6) is 0 Å². The predicted octanol–water partition coefficient (Wildman–Crippen LogP) is 1.26. The van der Waals surface area contributed by atoms with E-state index in [0.29, 0.717) is 55.8 Å². The smallest absolute Gasteiger partial charge is 0.321 e. The Bertz CT molecular complexity index is 2270. The number of nitrogens with one attached hydrogen (secondary N) is 8. The zero-order valence-electron chi connectivity index (χ0n) is 40.2. The quantitative estimate of drug-likeness (QED) is 0.143. The fourth-order valence-corrected chi connectivity index (χ4v) is 10.2. The van der Waals surface area contributed by atoms with Crippen molar-refractivity contribution in [1.29, 1.82) is 0 Å². The highest BCUT2D eigenvalue weighted by Gasteiger charge is 2.49. The SMILES string of the molecule is CN[C@@H](C)C(=O)N[C@H]1CN(C(=O)Nc2ccc(NC(=O)N3CC[C@H]4CC[C@@H](C(=O)N[C@H]5C[C@H]5C)N4C(=O)[C@H](NC(=O)[C@H](C)NC)C3)cc2)CC[C@H]2CC[C@@H](C(=O)N[C@H]3C[C@H]3c3ccccc3)N2C1=O. The summed E-state index contributed by atoms with van der Waals surface area (Å²) in [7, 11) is 3.27. The van der Waals surface area contributed by atoms with Crippen LogP contribution in [0.1, 0.15) is 83.6 Å². The second-order valence-electron chi connectivity index (χ2n) is 19.7. The number of carbonyl (C=O) groups excluding carboxylic acids is 8. The number of likely N-dealkylation sites (N-methyl/N-ethyl adjacent to an activating group) is 2. The number of nitrogens with zero attached hydrogens (tertiary/aromatic N) is 4. The van der Waals surface area contributed by atoms with Crippen molar-refractivity contribution in [2.24, 2.45) is 5.92 Å². The number of fused-ring (bicyclic) bond motifs is 2. The normalized spacial score (nSPS) is 29.4. The lowest BCUT2D eigenvalue weighted by atomic mass is 10.1. The molecule has 0 unspecified atom stereocenters. The van der Waals surface area contributed by atoms with Crippen molar-refractivity contribution in [3.05, 3.63) is 60.2 Å². The summed E-state index contributed by atoms with van der Waals surface area (Å²) in [6.07, 6.45) is 4.74. The van der Waals surface area contributed by atoms with E-state index in [1.165, 1.54) is 9.80 Å². The molecule has 20 heteroatoms. The molecule has 20 nitrogen and oxygen atoms in total. The van der Waals surface area contributed by atoms with Crippen molar-refractivity contribution in [3.63, 3.8) is 0 Å². The van der Waals surface area contributed by atoms with Gasteiger partial charge in [-0.15, -0.1) is 0 Å². The minimum absolute atomic E-state index is 0.0122. The van der Waals surface area contributed by atoms with E-state index >= 15 is 0 Å². The van der Waals surface area contributed by atoms with Gasteiger partial charge >= 0.3 is 12.1 Å². The molecule has 8 rings (SSSR count). The molecule has 69 heavy (non-hydrogen) atoms. The van der Waals surface area contributed by atoms with Gasteiger partial charge in [0.05, 0.1) is 25.2 Å². The third-order valence-electron chi connectivity index (χ3n) is 15.0. The Morgan fingerprint density at radius 2 is 1.00 bits per heavy atom. The van der Waals surface area contributed by atoms with Crippen molar-refractivity contribution >= 4 is 58.9 Å². The maximum atomic E-state index is 14.4. The van der Waals surface area contributed by atoms with Crippen LogP contribution >= 0.6 is 0 Å². The summed E-state index contributed by atoms with van der Waals surface area (Å²) in [5.74, 6) is -1.42. The predicted molar refractivity (Wildman–Crippen MR) is 257 cm³/mol. The Kier molecular flexibility index (Phi) is 15.1. The van der Waals surface area contributed by atoms with Crippen LogP contribution in [0.2, 0.25) is 0 Å². The standard InChI is InChI=1S/C49H68N12O8/c1-27-23-36(27)54-44(64)40-17-15-33-19-21-58(25-38(46(66)60(33)40)56-42(62)28(2)50-4)48(68)52-31-11-13-32(14-12-31)53-49(69)59-22-20-34-16-18-41(45(65)55-37-24-35(37)30-9-7-6-8-10-30)61(34)47(67)39(26-59)57-43(63)29(3)51-5/h6-14,27-29,33-41,50-51H,15-26H2,1-5H3,(H,52,68)(H,53,69)(H,54,64)(H,55,65)(H,56,62)(H,57,63)/t27-,28+,29+,33-,34-,35+,36+,37+,38-,39+,40+,41+/m1/s1. The van der Waals surface area contributed by atoms with Crippen LogP contribution in [0.3, 0.4) is 0 Å². The van der Waals surface area contributed by atoms with E-state index < -0.39 is 71.9 Å². The molecule has 2 saturated carbocycles. The lowest BCUT2D eigenvalue weighted by molar-refractivity contribution is -0.144. The molecular weight excluding hydrogens is 885 g/mol. The highest BCUT2D eigenvalue weighted by atomic mass is 16.2. The number of carbonyl (C=O) groups is 8. The van der Waals surface area contributed by atoms with Crippen LogP contribution in [0.15, 0.2) is 54.6 Å². The number of amides is 10. The first-order valence-corrected chi connectivity index (χ1v) is 24.6. The highest BCUT2D eigenvalue weighted by Crippen LogP contribution is 2.41. The van der Waals surface area contributed by atoms with Crippen LogP contribution < -0.4 is 42.5 Å².